The molecule has 0 N–H and O–H groups in total. The van der Waals surface area contributed by atoms with Gasteiger partial charge in [-0.3, -0.25) is 14.5 Å². The van der Waals surface area contributed by atoms with Crippen molar-refractivity contribution in [3.05, 3.63) is 36.0 Å². The van der Waals surface area contributed by atoms with Gasteiger partial charge >= 0.3 is 0 Å². The Morgan fingerprint density at radius 1 is 1.11 bits per heavy atom. The van der Waals surface area contributed by atoms with E-state index < -0.39 is 9.84 Å². The summed E-state index contributed by atoms with van der Waals surface area (Å²) in [5.74, 6) is 0.525. The molecule has 0 aliphatic carbocycles. The molecular weight excluding hydrogens is 378 g/mol. The molecule has 0 bridgehead atoms. The number of hydrogen-bond donors (Lipinski definition) is 0. The lowest BCUT2D eigenvalue weighted by Crippen LogP contribution is -2.52. The summed E-state index contributed by atoms with van der Waals surface area (Å²) in [5.41, 5.74) is 1.52. The monoisotopic (exact) mass is 403 g/mol. The van der Waals surface area contributed by atoms with E-state index in [9.17, 15) is 18.0 Å². The van der Waals surface area contributed by atoms with Crippen molar-refractivity contribution >= 4 is 32.4 Å². The number of para-hydroxylation sites is 1. The number of aromatic nitrogens is 1. The Morgan fingerprint density at radius 3 is 2.46 bits per heavy atom. The quantitative estimate of drug-likeness (QED) is 0.716. The highest BCUT2D eigenvalue weighted by molar-refractivity contribution is 7.91. The number of ketones is 1. The maximum Gasteiger partial charge on any atom is 0.242 e. The van der Waals surface area contributed by atoms with Crippen LogP contribution in [0.25, 0.3) is 10.9 Å². The van der Waals surface area contributed by atoms with Gasteiger partial charge in [-0.2, -0.15) is 0 Å². The highest BCUT2D eigenvalue weighted by atomic mass is 32.2. The summed E-state index contributed by atoms with van der Waals surface area (Å²) in [4.78, 5) is 28.8. The van der Waals surface area contributed by atoms with Crippen LogP contribution >= 0.6 is 0 Å². The van der Waals surface area contributed by atoms with Crippen molar-refractivity contribution in [1.29, 1.82) is 0 Å². The van der Waals surface area contributed by atoms with Crippen molar-refractivity contribution in [2.24, 2.45) is 0 Å². The standard InChI is InChI=1S/C20H25N3O4S/c1-15(24)18-12-23(19-5-3-2-4-17(18)19)13-20(25)22-9-7-21(8-10-22)16-6-11-28(26,27)14-16/h2-5,12,16H,6-11,13-14H2,1H3. The highest BCUT2D eigenvalue weighted by Gasteiger charge is 2.34. The van der Waals surface area contributed by atoms with E-state index in [1.807, 2.05) is 33.7 Å². The molecule has 1 aromatic heterocycles. The summed E-state index contributed by atoms with van der Waals surface area (Å²) in [6.07, 6.45) is 2.46. The second-order valence-corrected chi connectivity index (χ2v) is 9.95. The number of hydrogen-bond acceptors (Lipinski definition) is 5. The van der Waals surface area contributed by atoms with Crippen LogP contribution in [0.15, 0.2) is 30.5 Å². The fraction of sp³-hybridized carbons (Fsp3) is 0.500. The first kappa shape index (κ1) is 19.1. The third kappa shape index (κ3) is 3.71. The molecule has 28 heavy (non-hydrogen) atoms. The third-order valence-electron chi connectivity index (χ3n) is 5.87. The van der Waals surface area contributed by atoms with Crippen molar-refractivity contribution in [1.82, 2.24) is 14.4 Å². The van der Waals surface area contributed by atoms with E-state index in [1.54, 1.807) is 6.20 Å². The van der Waals surface area contributed by atoms with Gasteiger partial charge in [-0.25, -0.2) is 8.42 Å². The number of carbonyl (C=O) groups excluding carboxylic acids is 2. The second-order valence-electron chi connectivity index (χ2n) is 7.72. The first-order valence-corrected chi connectivity index (χ1v) is 11.5. The molecule has 3 heterocycles. The second kappa shape index (κ2) is 7.33. The van der Waals surface area contributed by atoms with E-state index in [2.05, 4.69) is 4.90 Å². The summed E-state index contributed by atoms with van der Waals surface area (Å²) >= 11 is 0. The zero-order valence-electron chi connectivity index (χ0n) is 16.0. The summed E-state index contributed by atoms with van der Waals surface area (Å²) in [5, 5.41) is 0.870. The number of carbonyl (C=O) groups is 2. The summed E-state index contributed by atoms with van der Waals surface area (Å²) in [7, 11) is -2.89. The van der Waals surface area contributed by atoms with Gasteiger partial charge in [0.15, 0.2) is 15.6 Å². The maximum absolute atomic E-state index is 12.8. The van der Waals surface area contributed by atoms with E-state index in [0.717, 1.165) is 10.9 Å². The Bertz CT molecular complexity index is 1020. The van der Waals surface area contributed by atoms with Crippen molar-refractivity contribution < 1.29 is 18.0 Å². The fourth-order valence-corrected chi connectivity index (χ4v) is 6.07. The number of Topliss-reactive ketones (excluding diaryl/α,β-unsaturated/α-hetero) is 1. The lowest BCUT2D eigenvalue weighted by Gasteiger charge is -2.37. The Balaban J connectivity index is 1.42. The number of fused-ring (bicyclic) bond motifs is 1. The minimum atomic E-state index is -2.89. The molecule has 2 saturated heterocycles. The Hall–Kier alpha value is -2.19. The predicted molar refractivity (Wildman–Crippen MR) is 107 cm³/mol. The van der Waals surface area contributed by atoms with E-state index >= 15 is 0 Å². The lowest BCUT2D eigenvalue weighted by molar-refractivity contribution is -0.133. The first-order chi connectivity index (χ1) is 13.3. The van der Waals surface area contributed by atoms with Gasteiger partial charge < -0.3 is 9.47 Å². The third-order valence-corrected chi connectivity index (χ3v) is 7.62. The van der Waals surface area contributed by atoms with Crippen LogP contribution in [-0.4, -0.2) is 78.2 Å². The van der Waals surface area contributed by atoms with Crippen LogP contribution in [0.3, 0.4) is 0 Å². The topological polar surface area (TPSA) is 79.7 Å². The fourth-order valence-electron chi connectivity index (χ4n) is 4.30. The Labute approximate surface area is 164 Å². The molecule has 2 aliphatic rings. The number of rotatable bonds is 4. The molecule has 4 rings (SSSR count). The molecule has 1 atom stereocenters. The van der Waals surface area contributed by atoms with Gasteiger partial charge in [0.05, 0.1) is 11.5 Å². The van der Waals surface area contributed by atoms with Crippen LogP contribution in [0.1, 0.15) is 23.7 Å². The molecule has 7 nitrogen and oxygen atoms in total. The SMILES string of the molecule is CC(=O)c1cn(CC(=O)N2CCN(C3CCS(=O)(=O)C3)CC2)c2ccccc12. The maximum atomic E-state index is 12.8. The van der Waals surface area contributed by atoms with Gasteiger partial charge in [-0.05, 0) is 19.4 Å². The molecular formula is C20H25N3O4S. The van der Waals surface area contributed by atoms with Crippen molar-refractivity contribution in [3.8, 4) is 0 Å². The van der Waals surface area contributed by atoms with E-state index in [4.69, 9.17) is 0 Å². The summed E-state index contributed by atoms with van der Waals surface area (Å²) < 4.78 is 25.2. The predicted octanol–water partition coefficient (Wildman–Crippen LogP) is 1.18. The van der Waals surface area contributed by atoms with Gasteiger partial charge in [0.2, 0.25) is 5.91 Å². The average Bonchev–Trinajstić information content (AvgIpc) is 3.22. The van der Waals surface area contributed by atoms with Gasteiger partial charge in [0, 0.05) is 54.9 Å². The molecule has 0 radical (unpaired) electrons. The van der Waals surface area contributed by atoms with Gasteiger partial charge in [-0.1, -0.05) is 18.2 Å². The molecule has 1 unspecified atom stereocenters. The van der Waals surface area contributed by atoms with E-state index in [-0.39, 0.29) is 35.8 Å². The number of piperazine rings is 1. The van der Waals surface area contributed by atoms with Gasteiger partial charge in [0.25, 0.3) is 0 Å². The van der Waals surface area contributed by atoms with Crippen molar-refractivity contribution in [2.75, 3.05) is 37.7 Å². The van der Waals surface area contributed by atoms with Crippen LogP contribution in [-0.2, 0) is 21.2 Å². The molecule has 2 fully saturated rings. The van der Waals surface area contributed by atoms with E-state index in [0.29, 0.717) is 38.2 Å². The molecule has 150 valence electrons. The van der Waals surface area contributed by atoms with Crippen molar-refractivity contribution in [3.63, 3.8) is 0 Å². The molecule has 1 aromatic carbocycles. The Morgan fingerprint density at radius 2 is 1.82 bits per heavy atom. The number of sulfone groups is 1. The number of benzene rings is 1. The highest BCUT2D eigenvalue weighted by Crippen LogP contribution is 2.23. The van der Waals surface area contributed by atoms with Gasteiger partial charge in [-0.15, -0.1) is 0 Å². The van der Waals surface area contributed by atoms with Crippen LogP contribution in [0, 0.1) is 0 Å². The largest absolute Gasteiger partial charge is 0.339 e. The molecule has 2 aromatic rings. The summed E-state index contributed by atoms with van der Waals surface area (Å²) in [6, 6.07) is 7.72. The minimum Gasteiger partial charge on any atom is -0.339 e. The van der Waals surface area contributed by atoms with Crippen LogP contribution < -0.4 is 0 Å². The first-order valence-electron chi connectivity index (χ1n) is 9.65. The smallest absolute Gasteiger partial charge is 0.242 e. The Kier molecular flexibility index (Phi) is 5.01. The van der Waals surface area contributed by atoms with Crippen LogP contribution in [0.4, 0.5) is 0 Å². The average molecular weight is 404 g/mol. The lowest BCUT2D eigenvalue weighted by atomic mass is 10.1. The van der Waals surface area contributed by atoms with E-state index in [1.165, 1.54) is 6.92 Å². The number of nitrogens with zero attached hydrogens (tertiary/aromatic N) is 3. The molecule has 0 saturated carbocycles. The molecule has 2 aliphatic heterocycles. The molecule has 8 heteroatoms. The molecule has 0 spiro atoms. The normalized spacial score (nSPS) is 22.6. The summed E-state index contributed by atoms with van der Waals surface area (Å²) in [6.45, 7) is 4.36. The zero-order valence-corrected chi connectivity index (χ0v) is 16.8. The van der Waals surface area contributed by atoms with Gasteiger partial charge in [0.1, 0.15) is 6.54 Å². The zero-order chi connectivity index (χ0) is 19.9. The minimum absolute atomic E-state index is 0.0115. The molecule has 1 amide bonds. The van der Waals surface area contributed by atoms with Crippen LogP contribution in [0.5, 0.6) is 0 Å². The number of amides is 1. The van der Waals surface area contributed by atoms with Crippen LogP contribution in [0.2, 0.25) is 0 Å². The van der Waals surface area contributed by atoms with Crippen molar-refractivity contribution in [2.45, 2.75) is 25.9 Å².